The van der Waals surface area contributed by atoms with E-state index in [1.807, 2.05) is 0 Å². The maximum atomic E-state index is 12.0. The number of carbonyl (C=O) groups is 1. The quantitative estimate of drug-likeness (QED) is 0.601. The summed E-state index contributed by atoms with van der Waals surface area (Å²) in [6.45, 7) is 0. The van der Waals surface area contributed by atoms with Crippen molar-refractivity contribution in [2.45, 2.75) is 31.2 Å². The monoisotopic (exact) mass is 253 g/mol. The van der Waals surface area contributed by atoms with E-state index in [9.17, 15) is 14.9 Å². The van der Waals surface area contributed by atoms with Crippen LogP contribution in [0.4, 0.5) is 0 Å². The number of Topliss-reactive ketones (excluding diaryl/α,β-unsaturated/α-hetero) is 1. The highest BCUT2D eigenvalue weighted by molar-refractivity contribution is 6.30. The van der Waals surface area contributed by atoms with E-state index >= 15 is 0 Å². The average Bonchev–Trinajstić information content (AvgIpc) is 2.29. The van der Waals surface area contributed by atoms with Crippen LogP contribution in [0.2, 0.25) is 5.02 Å². The summed E-state index contributed by atoms with van der Waals surface area (Å²) in [5.41, 5.74) is -1.18. The molecule has 0 aliphatic heterocycles. The fraction of sp³-hybridized carbons (Fsp3) is 0.417. The first kappa shape index (κ1) is 12.0. The second-order valence-electron chi connectivity index (χ2n) is 4.26. The number of hydrogen-bond acceptors (Lipinski definition) is 3. The van der Waals surface area contributed by atoms with E-state index in [1.54, 1.807) is 18.2 Å². The van der Waals surface area contributed by atoms with Gasteiger partial charge in [-0.3, -0.25) is 14.9 Å². The number of halogens is 1. The molecule has 0 saturated heterocycles. The molecule has 0 bridgehead atoms. The zero-order valence-electron chi connectivity index (χ0n) is 9.19. The summed E-state index contributed by atoms with van der Waals surface area (Å²) in [6, 6.07) is 6.42. The third-order valence-corrected chi connectivity index (χ3v) is 3.50. The molecule has 4 nitrogen and oxygen atoms in total. The molecular weight excluding hydrogens is 242 g/mol. The van der Waals surface area contributed by atoms with Gasteiger partial charge in [-0.2, -0.15) is 0 Å². The SMILES string of the molecule is O=C1CCCCC1(c1cccc(Cl)c1)[N+](=O)[O-]. The van der Waals surface area contributed by atoms with Crippen LogP contribution >= 0.6 is 11.6 Å². The van der Waals surface area contributed by atoms with Crippen molar-refractivity contribution < 1.29 is 9.72 Å². The summed E-state index contributed by atoms with van der Waals surface area (Å²) >= 11 is 5.84. The second-order valence-corrected chi connectivity index (χ2v) is 4.69. The highest BCUT2D eigenvalue weighted by atomic mass is 35.5. The molecule has 0 spiro atoms. The Morgan fingerprint density at radius 1 is 1.35 bits per heavy atom. The fourth-order valence-corrected chi connectivity index (χ4v) is 2.55. The van der Waals surface area contributed by atoms with Gasteiger partial charge in [0.05, 0.1) is 0 Å². The van der Waals surface area contributed by atoms with Gasteiger partial charge >= 0.3 is 5.54 Å². The van der Waals surface area contributed by atoms with Gasteiger partial charge in [0.25, 0.3) is 0 Å². The van der Waals surface area contributed by atoms with Crippen LogP contribution in [-0.2, 0) is 10.3 Å². The molecule has 5 heteroatoms. The summed E-state index contributed by atoms with van der Waals surface area (Å²) < 4.78 is 0. The van der Waals surface area contributed by atoms with E-state index < -0.39 is 10.5 Å². The lowest BCUT2D eigenvalue weighted by molar-refractivity contribution is -0.563. The molecule has 1 saturated carbocycles. The van der Waals surface area contributed by atoms with E-state index in [0.717, 1.165) is 6.42 Å². The van der Waals surface area contributed by atoms with Crippen molar-refractivity contribution in [1.29, 1.82) is 0 Å². The van der Waals surface area contributed by atoms with Crippen LogP contribution in [0.5, 0.6) is 0 Å². The number of carbonyl (C=O) groups excluding carboxylic acids is 1. The van der Waals surface area contributed by atoms with Gasteiger partial charge in [-0.05, 0) is 25.0 Å². The average molecular weight is 254 g/mol. The van der Waals surface area contributed by atoms with Crippen LogP contribution in [0.15, 0.2) is 24.3 Å². The normalized spacial score (nSPS) is 24.6. The van der Waals surface area contributed by atoms with Gasteiger partial charge in [0.2, 0.25) is 5.78 Å². The van der Waals surface area contributed by atoms with E-state index in [4.69, 9.17) is 11.6 Å². The molecule has 1 unspecified atom stereocenters. The molecule has 1 aromatic rings. The van der Waals surface area contributed by atoms with Gasteiger partial charge in [-0.1, -0.05) is 23.7 Å². The molecule has 90 valence electrons. The molecule has 0 amide bonds. The van der Waals surface area contributed by atoms with E-state index in [1.165, 1.54) is 6.07 Å². The highest BCUT2D eigenvalue weighted by Gasteiger charge is 2.52. The van der Waals surface area contributed by atoms with Crippen LogP contribution in [0, 0.1) is 10.1 Å². The van der Waals surface area contributed by atoms with E-state index in [-0.39, 0.29) is 18.6 Å². The first-order valence-electron chi connectivity index (χ1n) is 5.51. The molecule has 1 aliphatic rings. The number of nitro groups is 1. The van der Waals surface area contributed by atoms with Crippen LogP contribution in [0.25, 0.3) is 0 Å². The first-order valence-corrected chi connectivity index (χ1v) is 5.89. The zero-order chi connectivity index (χ0) is 12.5. The van der Waals surface area contributed by atoms with Gasteiger partial charge in [0.15, 0.2) is 0 Å². The van der Waals surface area contributed by atoms with Crippen molar-refractivity contribution in [2.24, 2.45) is 0 Å². The molecule has 0 radical (unpaired) electrons. The highest BCUT2D eigenvalue weighted by Crippen LogP contribution is 2.38. The van der Waals surface area contributed by atoms with Crippen LogP contribution < -0.4 is 0 Å². The van der Waals surface area contributed by atoms with Crippen molar-refractivity contribution in [3.05, 3.63) is 45.0 Å². The predicted molar refractivity (Wildman–Crippen MR) is 63.6 cm³/mol. The van der Waals surface area contributed by atoms with Gasteiger partial charge in [0, 0.05) is 28.4 Å². The largest absolute Gasteiger partial charge is 0.304 e. The van der Waals surface area contributed by atoms with Crippen LogP contribution in [0.3, 0.4) is 0 Å². The Balaban J connectivity index is 2.54. The van der Waals surface area contributed by atoms with Gasteiger partial charge < -0.3 is 0 Å². The number of hydrogen-bond donors (Lipinski definition) is 0. The van der Waals surface area contributed by atoms with Crippen molar-refractivity contribution in [3.8, 4) is 0 Å². The van der Waals surface area contributed by atoms with E-state index in [0.29, 0.717) is 17.0 Å². The van der Waals surface area contributed by atoms with Gasteiger partial charge in [-0.25, -0.2) is 0 Å². The summed E-state index contributed by atoms with van der Waals surface area (Å²) in [6.07, 6.45) is 1.96. The lowest BCUT2D eigenvalue weighted by Crippen LogP contribution is -2.45. The molecule has 17 heavy (non-hydrogen) atoms. The summed E-state index contributed by atoms with van der Waals surface area (Å²) in [5.74, 6) is -0.309. The maximum absolute atomic E-state index is 12.0. The van der Waals surface area contributed by atoms with Crippen LogP contribution in [0.1, 0.15) is 31.2 Å². The molecule has 2 rings (SSSR count). The molecule has 1 fully saturated rings. The van der Waals surface area contributed by atoms with Crippen molar-refractivity contribution in [2.75, 3.05) is 0 Å². The second kappa shape index (κ2) is 4.45. The first-order chi connectivity index (χ1) is 8.07. The van der Waals surface area contributed by atoms with Crippen LogP contribution in [-0.4, -0.2) is 10.7 Å². The molecule has 0 N–H and O–H groups in total. The number of benzene rings is 1. The van der Waals surface area contributed by atoms with Gasteiger partial charge in [0.1, 0.15) is 0 Å². The number of rotatable bonds is 2. The van der Waals surface area contributed by atoms with Gasteiger partial charge in [-0.15, -0.1) is 0 Å². The smallest absolute Gasteiger partial charge is 0.291 e. The fourth-order valence-electron chi connectivity index (χ4n) is 2.36. The molecular formula is C12H12ClNO3. The topological polar surface area (TPSA) is 60.2 Å². The Kier molecular flexibility index (Phi) is 3.15. The van der Waals surface area contributed by atoms with Crippen molar-refractivity contribution >= 4 is 17.4 Å². The Bertz CT molecular complexity index is 475. The minimum Gasteiger partial charge on any atom is -0.291 e. The Labute approximate surface area is 104 Å². The summed E-state index contributed by atoms with van der Waals surface area (Å²) in [4.78, 5) is 22.9. The van der Waals surface area contributed by atoms with Crippen molar-refractivity contribution in [1.82, 2.24) is 0 Å². The van der Waals surface area contributed by atoms with Crippen molar-refractivity contribution in [3.63, 3.8) is 0 Å². The maximum Gasteiger partial charge on any atom is 0.304 e. The molecule has 1 atom stereocenters. The Hall–Kier alpha value is -1.42. The number of ketones is 1. The molecule has 0 heterocycles. The minimum atomic E-state index is -1.58. The third-order valence-electron chi connectivity index (χ3n) is 3.27. The summed E-state index contributed by atoms with van der Waals surface area (Å²) in [5, 5.41) is 11.8. The Morgan fingerprint density at radius 2 is 2.12 bits per heavy atom. The predicted octanol–water partition coefficient (Wildman–Crippen LogP) is 2.96. The third kappa shape index (κ3) is 1.93. The standard InChI is InChI=1S/C12H12ClNO3/c13-10-5-3-4-9(8-10)12(14(16)17)7-2-1-6-11(12)15/h3-5,8H,1-2,6-7H2. The lowest BCUT2D eigenvalue weighted by Gasteiger charge is -2.27. The number of nitrogens with zero attached hydrogens (tertiary/aromatic N) is 1. The zero-order valence-corrected chi connectivity index (χ0v) is 9.94. The minimum absolute atomic E-state index is 0.263. The molecule has 0 aromatic heterocycles. The summed E-state index contributed by atoms with van der Waals surface area (Å²) in [7, 11) is 0. The lowest BCUT2D eigenvalue weighted by atomic mass is 9.76. The Morgan fingerprint density at radius 3 is 2.71 bits per heavy atom. The molecule has 1 aromatic carbocycles. The van der Waals surface area contributed by atoms with E-state index in [2.05, 4.69) is 0 Å². The molecule has 1 aliphatic carbocycles.